The van der Waals surface area contributed by atoms with Crippen LogP contribution >= 0.6 is 0 Å². The van der Waals surface area contributed by atoms with Crippen LogP contribution in [0, 0.1) is 6.92 Å². The summed E-state index contributed by atoms with van der Waals surface area (Å²) in [4.78, 5) is 0. The third-order valence-corrected chi connectivity index (χ3v) is 4.27. The molecular weight excluding hydrogens is 416 g/mol. The molecule has 0 saturated carbocycles. The van der Waals surface area contributed by atoms with Gasteiger partial charge in [-0.05, 0) is 36.1 Å². The first-order valence-corrected chi connectivity index (χ1v) is 10.7. The summed E-state index contributed by atoms with van der Waals surface area (Å²) in [6.45, 7) is 16.0. The Morgan fingerprint density at radius 1 is 0.900 bits per heavy atom. The van der Waals surface area contributed by atoms with Crippen molar-refractivity contribution in [3.05, 3.63) is 41.8 Å². The maximum Gasteiger partial charge on any atom is 0.231 e. The number of allylic oxidation sites excluding steroid dienone is 2. The van der Waals surface area contributed by atoms with E-state index in [-0.39, 0.29) is 21.7 Å². The molecule has 1 aromatic carbocycles. The van der Waals surface area contributed by atoms with Gasteiger partial charge in [0, 0.05) is 28.3 Å². The summed E-state index contributed by atoms with van der Waals surface area (Å²) in [6, 6.07) is 4.12. The molecule has 0 aliphatic carbocycles. The smallest absolute Gasteiger partial charge is 0.231 e. The molecule has 0 amide bonds. The van der Waals surface area contributed by atoms with Crippen molar-refractivity contribution in [1.29, 1.82) is 0 Å². The summed E-state index contributed by atoms with van der Waals surface area (Å²) in [7, 11) is 0. The molecule has 0 saturated heterocycles. The number of unbranched alkanes of at least 4 members (excludes halogenated alkanes) is 1. The van der Waals surface area contributed by atoms with Crippen molar-refractivity contribution < 1.29 is 45.4 Å². The van der Waals surface area contributed by atoms with Crippen molar-refractivity contribution in [2.24, 2.45) is 0 Å². The second-order valence-electron chi connectivity index (χ2n) is 7.14. The first kappa shape index (κ1) is 29.0. The molecule has 0 atom stereocenters. The topological polar surface area (TPSA) is 46.2 Å². The van der Waals surface area contributed by atoms with E-state index in [0.717, 1.165) is 43.8 Å². The first-order chi connectivity index (χ1) is 14.1. The molecule has 30 heavy (non-hydrogen) atoms. The second kappa shape index (κ2) is 18.8. The van der Waals surface area contributed by atoms with Crippen molar-refractivity contribution in [1.82, 2.24) is 0 Å². The van der Waals surface area contributed by atoms with E-state index in [9.17, 15) is 0 Å². The van der Waals surface area contributed by atoms with Crippen molar-refractivity contribution >= 4 is 0 Å². The average molecular weight is 455 g/mol. The van der Waals surface area contributed by atoms with E-state index in [4.69, 9.17) is 23.7 Å². The van der Waals surface area contributed by atoms with Gasteiger partial charge in [-0.3, -0.25) is 0 Å². The predicted octanol–water partition coefficient (Wildman–Crippen LogP) is 5.50. The van der Waals surface area contributed by atoms with Gasteiger partial charge in [0.2, 0.25) is 6.79 Å². The van der Waals surface area contributed by atoms with Gasteiger partial charge in [0.1, 0.15) is 0 Å². The van der Waals surface area contributed by atoms with Crippen LogP contribution in [0.15, 0.2) is 23.8 Å². The van der Waals surface area contributed by atoms with Crippen LogP contribution in [0.5, 0.6) is 11.5 Å². The molecule has 1 aliphatic rings. The minimum atomic E-state index is 0. The van der Waals surface area contributed by atoms with E-state index in [1.807, 2.05) is 26.0 Å². The molecule has 1 aromatic rings. The molecule has 0 fully saturated rings. The number of fused-ring (bicyclic) bond motifs is 1. The summed E-state index contributed by atoms with van der Waals surface area (Å²) in [6.07, 6.45) is 6.21. The van der Waals surface area contributed by atoms with Crippen molar-refractivity contribution in [2.45, 2.75) is 60.0 Å². The van der Waals surface area contributed by atoms with Crippen molar-refractivity contribution in [3.63, 3.8) is 0 Å². The zero-order valence-corrected chi connectivity index (χ0v) is 20.8. The van der Waals surface area contributed by atoms with Gasteiger partial charge in [0.15, 0.2) is 11.5 Å². The number of ether oxygens (including phenoxy) is 5. The first-order valence-electron chi connectivity index (χ1n) is 10.7. The Balaban J connectivity index is 0.00000125. The maximum absolute atomic E-state index is 5.75. The summed E-state index contributed by atoms with van der Waals surface area (Å²) in [5.41, 5.74) is 3.71. The Bertz CT molecular complexity index is 585. The third kappa shape index (κ3) is 12.7. The maximum atomic E-state index is 5.75. The Morgan fingerprint density at radius 3 is 1.97 bits per heavy atom. The van der Waals surface area contributed by atoms with E-state index in [2.05, 4.69) is 26.8 Å². The Kier molecular flexibility index (Phi) is 18.2. The fourth-order valence-electron chi connectivity index (χ4n) is 2.53. The molecule has 2 rings (SSSR count). The van der Waals surface area contributed by atoms with Crippen LogP contribution in [0.3, 0.4) is 0 Å². The number of aryl methyl sites for hydroxylation is 1. The van der Waals surface area contributed by atoms with E-state index < -0.39 is 0 Å². The normalized spacial score (nSPS) is 11.3. The standard InChI is InChI=1S/C19H30O5.C5H9.Ti/c1-3-5-7-20-8-9-21-10-11-22-14-17-13-19-18(23-15-24-19)12-16(17)6-4-2;1-4-5(2)3;/h12-13H,3-11,14-15H2,1-2H3;4H,1H2,2-3H3;/q;-1;. The molecule has 1 aliphatic heterocycles. The van der Waals surface area contributed by atoms with Gasteiger partial charge in [-0.1, -0.05) is 26.7 Å². The number of rotatable bonds is 13. The molecular formula is C24H39O5Ti-. The van der Waals surface area contributed by atoms with E-state index in [1.165, 1.54) is 16.7 Å². The molecule has 0 spiro atoms. The Labute approximate surface area is 198 Å². The van der Waals surface area contributed by atoms with Gasteiger partial charge >= 0.3 is 0 Å². The average Bonchev–Trinajstić information content (AvgIpc) is 3.17. The van der Waals surface area contributed by atoms with Crippen molar-refractivity contribution in [2.75, 3.05) is 39.8 Å². The number of benzene rings is 1. The minimum Gasteiger partial charge on any atom is -0.454 e. The number of hydrogen-bond acceptors (Lipinski definition) is 5. The van der Waals surface area contributed by atoms with E-state index in [0.29, 0.717) is 39.8 Å². The predicted molar refractivity (Wildman–Crippen MR) is 118 cm³/mol. The van der Waals surface area contributed by atoms with Gasteiger partial charge in [-0.15, -0.1) is 13.8 Å². The zero-order chi connectivity index (χ0) is 21.3. The van der Waals surface area contributed by atoms with Crippen LogP contribution in [0.25, 0.3) is 0 Å². The molecule has 6 heteroatoms. The molecule has 1 heterocycles. The minimum absolute atomic E-state index is 0. The molecule has 170 valence electrons. The quantitative estimate of drug-likeness (QED) is 0.223. The van der Waals surface area contributed by atoms with Gasteiger partial charge in [0.25, 0.3) is 0 Å². The molecule has 0 unspecified atom stereocenters. The van der Waals surface area contributed by atoms with Crippen LogP contribution < -0.4 is 9.47 Å². The number of hydrogen-bond donors (Lipinski definition) is 0. The monoisotopic (exact) mass is 455 g/mol. The van der Waals surface area contributed by atoms with Gasteiger partial charge in [-0.2, -0.15) is 0 Å². The Hall–Kier alpha value is -0.976. The van der Waals surface area contributed by atoms with Gasteiger partial charge in [-0.25, -0.2) is 18.6 Å². The second-order valence-corrected chi connectivity index (χ2v) is 7.14. The van der Waals surface area contributed by atoms with Crippen LogP contribution in [0.1, 0.15) is 58.1 Å². The summed E-state index contributed by atoms with van der Waals surface area (Å²) in [5.74, 6) is 1.66. The fourth-order valence-corrected chi connectivity index (χ4v) is 2.53. The molecule has 0 aromatic heterocycles. The van der Waals surface area contributed by atoms with Crippen LogP contribution in [-0.4, -0.2) is 39.8 Å². The largest absolute Gasteiger partial charge is 0.454 e. The van der Waals surface area contributed by atoms with Crippen LogP contribution in [0.4, 0.5) is 0 Å². The van der Waals surface area contributed by atoms with Gasteiger partial charge in [0.05, 0.1) is 33.0 Å². The third-order valence-electron chi connectivity index (χ3n) is 4.27. The molecule has 5 nitrogen and oxygen atoms in total. The summed E-state index contributed by atoms with van der Waals surface area (Å²) in [5, 5.41) is 0. The molecule has 0 bridgehead atoms. The van der Waals surface area contributed by atoms with E-state index in [1.54, 1.807) is 0 Å². The summed E-state index contributed by atoms with van der Waals surface area (Å²) < 4.78 is 27.6. The van der Waals surface area contributed by atoms with Gasteiger partial charge < -0.3 is 23.7 Å². The zero-order valence-electron chi connectivity index (χ0n) is 19.3. The SMILES string of the molecule is CCCCOCCOCCOCc1cc2c(cc1CCC)OCO2.[CH2-]C=C(C)C.[Ti]. The van der Waals surface area contributed by atoms with Crippen LogP contribution in [-0.2, 0) is 49.0 Å². The van der Waals surface area contributed by atoms with Crippen LogP contribution in [0.2, 0.25) is 0 Å². The van der Waals surface area contributed by atoms with Crippen molar-refractivity contribution in [3.8, 4) is 11.5 Å². The van der Waals surface area contributed by atoms with E-state index >= 15 is 0 Å². The molecule has 0 radical (unpaired) electrons. The molecule has 0 N–H and O–H groups in total. The fraction of sp³-hybridized carbons (Fsp3) is 0.625. The summed E-state index contributed by atoms with van der Waals surface area (Å²) >= 11 is 0. The Morgan fingerprint density at radius 2 is 1.43 bits per heavy atom.